The third kappa shape index (κ3) is 2.81. The molecule has 1 amide bonds. The van der Waals surface area contributed by atoms with E-state index < -0.39 is 0 Å². The average molecular weight is 261 g/mol. The summed E-state index contributed by atoms with van der Waals surface area (Å²) in [5.74, 6) is -0.481. The first-order chi connectivity index (χ1) is 8.99. The monoisotopic (exact) mass is 261 g/mol. The van der Waals surface area contributed by atoms with E-state index in [0.29, 0.717) is 12.1 Å². The molecule has 0 bridgehead atoms. The lowest BCUT2D eigenvalue weighted by Crippen LogP contribution is -2.26. The third-order valence-corrected chi connectivity index (χ3v) is 3.18. The number of halogens is 1. The van der Waals surface area contributed by atoms with Crippen LogP contribution in [0.5, 0.6) is 0 Å². The fraction of sp³-hybridized carbons (Fsp3) is 0.286. The lowest BCUT2D eigenvalue weighted by atomic mass is 10.2. The van der Waals surface area contributed by atoms with Crippen LogP contribution in [0.15, 0.2) is 30.5 Å². The second kappa shape index (κ2) is 5.22. The van der Waals surface area contributed by atoms with Crippen LogP contribution in [0.3, 0.4) is 0 Å². The van der Waals surface area contributed by atoms with Crippen LogP contribution in [0.25, 0.3) is 0 Å². The number of rotatable bonds is 3. The molecule has 100 valence electrons. The van der Waals surface area contributed by atoms with E-state index in [-0.39, 0.29) is 11.7 Å². The average Bonchev–Trinajstić information content (AvgIpc) is 2.71. The fourth-order valence-electron chi connectivity index (χ4n) is 1.84. The Hall–Kier alpha value is -2.17. The molecule has 0 saturated carbocycles. The Morgan fingerprint density at radius 3 is 2.53 bits per heavy atom. The molecule has 5 heteroatoms. The van der Waals surface area contributed by atoms with Gasteiger partial charge in [0.05, 0.1) is 6.20 Å². The van der Waals surface area contributed by atoms with Gasteiger partial charge in [0.1, 0.15) is 5.82 Å². The van der Waals surface area contributed by atoms with Gasteiger partial charge in [-0.3, -0.25) is 9.48 Å². The topological polar surface area (TPSA) is 38.1 Å². The summed E-state index contributed by atoms with van der Waals surface area (Å²) >= 11 is 0. The Morgan fingerprint density at radius 2 is 2.00 bits per heavy atom. The van der Waals surface area contributed by atoms with Crippen molar-refractivity contribution in [2.45, 2.75) is 13.5 Å². The van der Waals surface area contributed by atoms with Crippen molar-refractivity contribution >= 4 is 5.91 Å². The number of aryl methyl sites for hydroxylation is 1. The number of benzene rings is 1. The zero-order valence-corrected chi connectivity index (χ0v) is 11.2. The highest BCUT2D eigenvalue weighted by Gasteiger charge is 2.14. The summed E-state index contributed by atoms with van der Waals surface area (Å²) in [5.41, 5.74) is 2.50. The van der Waals surface area contributed by atoms with Crippen molar-refractivity contribution in [1.82, 2.24) is 14.7 Å². The van der Waals surface area contributed by atoms with Gasteiger partial charge in [-0.1, -0.05) is 0 Å². The smallest absolute Gasteiger partial charge is 0.253 e. The summed E-state index contributed by atoms with van der Waals surface area (Å²) in [4.78, 5) is 13.7. The van der Waals surface area contributed by atoms with Crippen LogP contribution < -0.4 is 0 Å². The van der Waals surface area contributed by atoms with Gasteiger partial charge in [0.25, 0.3) is 5.91 Å². The van der Waals surface area contributed by atoms with Gasteiger partial charge < -0.3 is 4.90 Å². The summed E-state index contributed by atoms with van der Waals surface area (Å²) in [6, 6.07) is 5.56. The van der Waals surface area contributed by atoms with Crippen LogP contribution in [-0.4, -0.2) is 27.6 Å². The van der Waals surface area contributed by atoms with Crippen molar-refractivity contribution in [3.63, 3.8) is 0 Å². The molecule has 0 spiro atoms. The molecule has 19 heavy (non-hydrogen) atoms. The van der Waals surface area contributed by atoms with Gasteiger partial charge in [0.2, 0.25) is 0 Å². The minimum atomic E-state index is -0.345. The van der Waals surface area contributed by atoms with Gasteiger partial charge in [0.15, 0.2) is 0 Å². The first kappa shape index (κ1) is 13.3. The highest BCUT2D eigenvalue weighted by molar-refractivity contribution is 5.93. The van der Waals surface area contributed by atoms with Gasteiger partial charge in [-0.2, -0.15) is 5.10 Å². The van der Waals surface area contributed by atoms with Crippen LogP contribution in [0, 0.1) is 12.7 Å². The van der Waals surface area contributed by atoms with E-state index in [0.717, 1.165) is 11.3 Å². The van der Waals surface area contributed by atoms with E-state index in [1.54, 1.807) is 22.8 Å². The van der Waals surface area contributed by atoms with Crippen LogP contribution in [0.1, 0.15) is 21.6 Å². The summed E-state index contributed by atoms with van der Waals surface area (Å²) in [6.07, 6.45) is 1.75. The molecule has 0 N–H and O–H groups in total. The normalized spacial score (nSPS) is 10.5. The maximum Gasteiger partial charge on any atom is 0.253 e. The molecule has 0 fully saturated rings. The molecule has 0 aliphatic carbocycles. The zero-order chi connectivity index (χ0) is 14.0. The summed E-state index contributed by atoms with van der Waals surface area (Å²) in [7, 11) is 3.58. The molecular weight excluding hydrogens is 245 g/mol. The molecule has 0 unspecified atom stereocenters. The number of nitrogens with zero attached hydrogens (tertiary/aromatic N) is 3. The molecule has 4 nitrogen and oxygen atoms in total. The van der Waals surface area contributed by atoms with Crippen LogP contribution >= 0.6 is 0 Å². The molecule has 2 aromatic rings. The molecule has 0 saturated heterocycles. The van der Waals surface area contributed by atoms with Crippen molar-refractivity contribution < 1.29 is 9.18 Å². The SMILES string of the molecule is Cc1c(CN(C)C(=O)c2ccc(F)cc2)cnn1C. The lowest BCUT2D eigenvalue weighted by molar-refractivity contribution is 0.0785. The Morgan fingerprint density at radius 1 is 1.37 bits per heavy atom. The van der Waals surface area contributed by atoms with Crippen molar-refractivity contribution in [3.05, 3.63) is 53.1 Å². The third-order valence-electron chi connectivity index (χ3n) is 3.18. The minimum Gasteiger partial charge on any atom is -0.337 e. The molecule has 0 atom stereocenters. The Labute approximate surface area is 111 Å². The Balaban J connectivity index is 2.11. The number of hydrogen-bond acceptors (Lipinski definition) is 2. The van der Waals surface area contributed by atoms with E-state index in [1.807, 2.05) is 14.0 Å². The summed E-state index contributed by atoms with van der Waals surface area (Å²) in [6.45, 7) is 2.44. The molecule has 1 heterocycles. The lowest BCUT2D eigenvalue weighted by Gasteiger charge is -2.17. The van der Waals surface area contributed by atoms with Gasteiger partial charge in [-0.25, -0.2) is 4.39 Å². The zero-order valence-electron chi connectivity index (χ0n) is 11.2. The predicted octanol–water partition coefficient (Wildman–Crippen LogP) is 2.14. The maximum absolute atomic E-state index is 12.8. The molecule has 0 radical (unpaired) electrons. The minimum absolute atomic E-state index is 0.136. The predicted molar refractivity (Wildman–Crippen MR) is 70.1 cm³/mol. The second-order valence-electron chi connectivity index (χ2n) is 4.55. The second-order valence-corrected chi connectivity index (χ2v) is 4.55. The highest BCUT2D eigenvalue weighted by Crippen LogP contribution is 2.11. The standard InChI is InChI=1S/C14H16FN3O/c1-10-12(8-16-18(10)3)9-17(2)14(19)11-4-6-13(15)7-5-11/h4-8H,9H2,1-3H3. The van der Waals surface area contributed by atoms with Crippen molar-refractivity contribution in [2.24, 2.45) is 7.05 Å². The van der Waals surface area contributed by atoms with E-state index in [9.17, 15) is 9.18 Å². The van der Waals surface area contributed by atoms with Crippen LogP contribution in [-0.2, 0) is 13.6 Å². The van der Waals surface area contributed by atoms with Crippen LogP contribution in [0.2, 0.25) is 0 Å². The maximum atomic E-state index is 12.8. The van der Waals surface area contributed by atoms with Crippen molar-refractivity contribution in [3.8, 4) is 0 Å². The number of amides is 1. The number of aromatic nitrogens is 2. The van der Waals surface area contributed by atoms with E-state index in [1.165, 1.54) is 24.3 Å². The molecule has 0 aliphatic rings. The van der Waals surface area contributed by atoms with Crippen molar-refractivity contribution in [1.29, 1.82) is 0 Å². The Bertz CT molecular complexity index is 589. The highest BCUT2D eigenvalue weighted by atomic mass is 19.1. The van der Waals surface area contributed by atoms with Crippen molar-refractivity contribution in [2.75, 3.05) is 7.05 Å². The number of carbonyl (C=O) groups is 1. The quantitative estimate of drug-likeness (QED) is 0.849. The molecule has 1 aromatic carbocycles. The molecule has 1 aromatic heterocycles. The van der Waals surface area contributed by atoms with E-state index >= 15 is 0 Å². The van der Waals surface area contributed by atoms with Gasteiger partial charge >= 0.3 is 0 Å². The van der Waals surface area contributed by atoms with Gasteiger partial charge in [-0.05, 0) is 31.2 Å². The summed E-state index contributed by atoms with van der Waals surface area (Å²) < 4.78 is 14.6. The Kier molecular flexibility index (Phi) is 3.64. The number of hydrogen-bond donors (Lipinski definition) is 0. The van der Waals surface area contributed by atoms with Crippen LogP contribution in [0.4, 0.5) is 4.39 Å². The van der Waals surface area contributed by atoms with Gasteiger partial charge in [0, 0.05) is 37.5 Å². The fourth-order valence-corrected chi connectivity index (χ4v) is 1.84. The van der Waals surface area contributed by atoms with E-state index in [2.05, 4.69) is 5.10 Å². The molecular formula is C14H16FN3O. The first-order valence-corrected chi connectivity index (χ1v) is 5.97. The number of carbonyl (C=O) groups excluding carboxylic acids is 1. The molecule has 0 aliphatic heterocycles. The van der Waals surface area contributed by atoms with E-state index in [4.69, 9.17) is 0 Å². The molecule has 2 rings (SSSR count). The van der Waals surface area contributed by atoms with Gasteiger partial charge in [-0.15, -0.1) is 0 Å². The first-order valence-electron chi connectivity index (χ1n) is 5.97. The largest absolute Gasteiger partial charge is 0.337 e. The summed E-state index contributed by atoms with van der Waals surface area (Å²) in [5, 5.41) is 4.14.